The minimum absolute atomic E-state index is 0.00870. The maximum Gasteiger partial charge on any atom is 0.157 e. The summed E-state index contributed by atoms with van der Waals surface area (Å²) in [5.41, 5.74) is 2.05. The fourth-order valence-corrected chi connectivity index (χ4v) is 2.76. The van der Waals surface area contributed by atoms with Gasteiger partial charge in [-0.15, -0.1) is 5.10 Å². The first kappa shape index (κ1) is 13.6. The van der Waals surface area contributed by atoms with Gasteiger partial charge in [0.1, 0.15) is 5.82 Å². The second-order valence-corrected chi connectivity index (χ2v) is 5.43. The molecular weight excluding hydrogens is 288 g/mol. The quantitative estimate of drug-likeness (QED) is 0.584. The number of aromatic nitrogens is 6. The molecule has 0 saturated carbocycles. The number of benzene rings is 1. The fraction of sp³-hybridized carbons (Fsp3) is 0.176. The van der Waals surface area contributed by atoms with Crippen LogP contribution in [0.2, 0.25) is 0 Å². The summed E-state index contributed by atoms with van der Waals surface area (Å²) < 4.78 is 3.91. The molecular formula is C17H16N6. The second kappa shape index (κ2) is 5.31. The highest BCUT2D eigenvalue weighted by Gasteiger charge is 2.19. The Hall–Kier alpha value is -3.02. The Morgan fingerprint density at radius 3 is 2.65 bits per heavy atom. The number of para-hydroxylation sites is 2. The summed E-state index contributed by atoms with van der Waals surface area (Å²) in [6.07, 6.45) is 3.61. The molecule has 23 heavy (non-hydrogen) atoms. The minimum atomic E-state index is -0.00870. The van der Waals surface area contributed by atoms with E-state index in [0.717, 1.165) is 28.5 Å². The highest BCUT2D eigenvalue weighted by molar-refractivity contribution is 5.75. The summed E-state index contributed by atoms with van der Waals surface area (Å²) in [7, 11) is 0. The van der Waals surface area contributed by atoms with Crippen molar-refractivity contribution in [2.75, 3.05) is 0 Å². The lowest BCUT2D eigenvalue weighted by atomic mass is 10.2. The van der Waals surface area contributed by atoms with Crippen molar-refractivity contribution in [3.8, 4) is 5.82 Å². The summed E-state index contributed by atoms with van der Waals surface area (Å²) in [5.74, 6) is 2.32. The zero-order chi connectivity index (χ0) is 15.8. The van der Waals surface area contributed by atoms with E-state index in [2.05, 4.69) is 37.6 Å². The first-order chi connectivity index (χ1) is 11.2. The number of aryl methyl sites for hydroxylation is 1. The molecule has 6 heteroatoms. The Morgan fingerprint density at radius 2 is 1.83 bits per heavy atom. The SMILES string of the molecule is Cc1nc([C@H](C)n2cnc3ccccc32)n(-c2ccccn2)n1. The largest absolute Gasteiger partial charge is 0.320 e. The summed E-state index contributed by atoms with van der Waals surface area (Å²) >= 11 is 0. The van der Waals surface area contributed by atoms with Gasteiger partial charge in [-0.05, 0) is 38.1 Å². The van der Waals surface area contributed by atoms with Gasteiger partial charge < -0.3 is 4.57 Å². The molecule has 0 aliphatic carbocycles. The molecule has 0 spiro atoms. The van der Waals surface area contributed by atoms with Crippen LogP contribution in [0.5, 0.6) is 0 Å². The number of nitrogens with zero attached hydrogens (tertiary/aromatic N) is 6. The third-order valence-electron chi connectivity index (χ3n) is 3.88. The van der Waals surface area contributed by atoms with Crippen LogP contribution in [0.3, 0.4) is 0 Å². The molecule has 0 unspecified atom stereocenters. The molecule has 3 aromatic heterocycles. The average molecular weight is 304 g/mol. The predicted molar refractivity (Wildman–Crippen MR) is 87.4 cm³/mol. The van der Waals surface area contributed by atoms with Gasteiger partial charge >= 0.3 is 0 Å². The lowest BCUT2D eigenvalue weighted by Gasteiger charge is -2.14. The molecule has 0 aliphatic heterocycles. The van der Waals surface area contributed by atoms with E-state index in [0.29, 0.717) is 0 Å². The maximum absolute atomic E-state index is 4.61. The summed E-state index contributed by atoms with van der Waals surface area (Å²) in [6.45, 7) is 3.98. The number of rotatable bonds is 3. The van der Waals surface area contributed by atoms with Crippen LogP contribution < -0.4 is 0 Å². The second-order valence-electron chi connectivity index (χ2n) is 5.43. The molecule has 6 nitrogen and oxygen atoms in total. The summed E-state index contributed by atoms with van der Waals surface area (Å²) in [5, 5.41) is 4.50. The Bertz CT molecular complexity index is 954. The molecule has 0 radical (unpaired) electrons. The number of imidazole rings is 1. The van der Waals surface area contributed by atoms with Crippen molar-refractivity contribution in [3.05, 3.63) is 66.6 Å². The van der Waals surface area contributed by atoms with E-state index >= 15 is 0 Å². The van der Waals surface area contributed by atoms with Gasteiger partial charge in [0, 0.05) is 6.20 Å². The molecule has 114 valence electrons. The van der Waals surface area contributed by atoms with E-state index in [1.54, 1.807) is 10.9 Å². The zero-order valence-electron chi connectivity index (χ0n) is 13.0. The average Bonchev–Trinajstić information content (AvgIpc) is 3.19. The van der Waals surface area contributed by atoms with Crippen LogP contribution in [-0.2, 0) is 0 Å². The Balaban J connectivity index is 1.85. The molecule has 0 bridgehead atoms. The zero-order valence-corrected chi connectivity index (χ0v) is 13.0. The minimum Gasteiger partial charge on any atom is -0.320 e. The molecule has 4 rings (SSSR count). The first-order valence-electron chi connectivity index (χ1n) is 7.50. The van der Waals surface area contributed by atoms with Crippen LogP contribution in [-0.4, -0.2) is 29.3 Å². The van der Waals surface area contributed by atoms with Crippen molar-refractivity contribution in [1.29, 1.82) is 0 Å². The lowest BCUT2D eigenvalue weighted by molar-refractivity contribution is 0.589. The number of pyridine rings is 1. The number of hydrogen-bond acceptors (Lipinski definition) is 4. The topological polar surface area (TPSA) is 61.4 Å². The van der Waals surface area contributed by atoms with Crippen molar-refractivity contribution in [2.24, 2.45) is 0 Å². The van der Waals surface area contributed by atoms with Crippen molar-refractivity contribution in [3.63, 3.8) is 0 Å². The highest BCUT2D eigenvalue weighted by Crippen LogP contribution is 2.23. The fourth-order valence-electron chi connectivity index (χ4n) is 2.76. The van der Waals surface area contributed by atoms with E-state index in [1.807, 2.05) is 49.6 Å². The lowest BCUT2D eigenvalue weighted by Crippen LogP contribution is -2.13. The molecule has 0 saturated heterocycles. The first-order valence-corrected chi connectivity index (χ1v) is 7.50. The van der Waals surface area contributed by atoms with E-state index in [-0.39, 0.29) is 6.04 Å². The van der Waals surface area contributed by atoms with E-state index < -0.39 is 0 Å². The van der Waals surface area contributed by atoms with Gasteiger partial charge in [-0.3, -0.25) is 0 Å². The molecule has 1 atom stereocenters. The van der Waals surface area contributed by atoms with Crippen molar-refractivity contribution < 1.29 is 0 Å². The van der Waals surface area contributed by atoms with Gasteiger partial charge in [-0.1, -0.05) is 18.2 Å². The van der Waals surface area contributed by atoms with Crippen molar-refractivity contribution in [2.45, 2.75) is 19.9 Å². The Kier molecular flexibility index (Phi) is 3.15. The van der Waals surface area contributed by atoms with Gasteiger partial charge in [0.25, 0.3) is 0 Å². The number of fused-ring (bicyclic) bond motifs is 1. The summed E-state index contributed by atoms with van der Waals surface area (Å²) in [6, 6.07) is 13.8. The molecule has 1 aromatic carbocycles. The molecule has 0 N–H and O–H groups in total. The predicted octanol–water partition coefficient (Wildman–Crippen LogP) is 2.93. The maximum atomic E-state index is 4.61. The van der Waals surface area contributed by atoms with E-state index in [9.17, 15) is 0 Å². The Morgan fingerprint density at radius 1 is 1.00 bits per heavy atom. The van der Waals surface area contributed by atoms with Crippen LogP contribution in [0.4, 0.5) is 0 Å². The smallest absolute Gasteiger partial charge is 0.157 e. The third kappa shape index (κ3) is 2.28. The van der Waals surface area contributed by atoms with Gasteiger partial charge in [-0.2, -0.15) is 4.68 Å². The van der Waals surface area contributed by atoms with Crippen LogP contribution in [0, 0.1) is 6.92 Å². The van der Waals surface area contributed by atoms with Crippen LogP contribution in [0.25, 0.3) is 16.9 Å². The molecule has 3 heterocycles. The van der Waals surface area contributed by atoms with Crippen LogP contribution >= 0.6 is 0 Å². The molecule has 4 aromatic rings. The third-order valence-corrected chi connectivity index (χ3v) is 3.88. The van der Waals surface area contributed by atoms with Gasteiger partial charge in [-0.25, -0.2) is 15.0 Å². The van der Waals surface area contributed by atoms with Gasteiger partial charge in [0.05, 0.1) is 23.4 Å². The Labute approximate surface area is 133 Å². The van der Waals surface area contributed by atoms with E-state index in [4.69, 9.17) is 0 Å². The normalized spacial score (nSPS) is 12.6. The standard InChI is InChI=1S/C17H16N6/c1-12(22-11-19-14-7-3-4-8-15(14)22)17-20-13(2)21-23(17)16-9-5-6-10-18-16/h3-12H,1-2H3/t12-/m0/s1. The number of hydrogen-bond donors (Lipinski definition) is 0. The van der Waals surface area contributed by atoms with Crippen LogP contribution in [0.1, 0.15) is 24.6 Å². The highest BCUT2D eigenvalue weighted by atomic mass is 15.4. The molecule has 0 fully saturated rings. The monoisotopic (exact) mass is 304 g/mol. The molecule has 0 aliphatic rings. The van der Waals surface area contributed by atoms with Crippen molar-refractivity contribution in [1.82, 2.24) is 29.3 Å². The summed E-state index contributed by atoms with van der Waals surface area (Å²) in [4.78, 5) is 13.5. The van der Waals surface area contributed by atoms with Gasteiger partial charge in [0.15, 0.2) is 11.6 Å². The van der Waals surface area contributed by atoms with Gasteiger partial charge in [0.2, 0.25) is 0 Å². The van der Waals surface area contributed by atoms with E-state index in [1.165, 1.54) is 0 Å². The van der Waals surface area contributed by atoms with Crippen molar-refractivity contribution >= 4 is 11.0 Å². The van der Waals surface area contributed by atoms with Crippen LogP contribution in [0.15, 0.2) is 55.0 Å². The molecule has 0 amide bonds.